The fourth-order valence-corrected chi connectivity index (χ4v) is 1.83. The van der Waals surface area contributed by atoms with E-state index in [2.05, 4.69) is 15.6 Å². The molecule has 0 atom stereocenters. The molecule has 1 aromatic rings. The molecule has 1 N–H and O–H groups in total. The van der Waals surface area contributed by atoms with E-state index < -0.39 is 0 Å². The molecule has 78 valence electrons. The van der Waals surface area contributed by atoms with Gasteiger partial charge < -0.3 is 5.32 Å². The minimum absolute atomic E-state index is 0.379. The fraction of sp³-hybridized carbons (Fsp3) is 0.778. The van der Waals surface area contributed by atoms with Gasteiger partial charge in [0.1, 0.15) is 0 Å². The number of rotatable bonds is 5. The van der Waals surface area contributed by atoms with Crippen molar-refractivity contribution < 1.29 is 0 Å². The first-order chi connectivity index (χ1) is 6.74. The second-order valence-corrected chi connectivity index (χ2v) is 4.39. The molecule has 14 heavy (non-hydrogen) atoms. The lowest BCUT2D eigenvalue weighted by molar-refractivity contribution is 0.501. The van der Waals surface area contributed by atoms with Gasteiger partial charge in [-0.2, -0.15) is 0 Å². The highest BCUT2D eigenvalue weighted by Gasteiger charge is 2.41. The van der Waals surface area contributed by atoms with E-state index in [1.54, 1.807) is 4.68 Å². The smallest absolute Gasteiger partial charge is 0.0964 e. The predicted molar refractivity (Wildman–Crippen MR) is 55.1 cm³/mol. The summed E-state index contributed by atoms with van der Waals surface area (Å²) in [6, 6.07) is 0. The molecular formula is C9H15ClN4. The van der Waals surface area contributed by atoms with Crippen LogP contribution >= 0.6 is 11.6 Å². The van der Waals surface area contributed by atoms with Crippen LogP contribution in [0.5, 0.6) is 0 Å². The highest BCUT2D eigenvalue weighted by molar-refractivity contribution is 6.18. The number of alkyl halides is 1. The van der Waals surface area contributed by atoms with Crippen molar-refractivity contribution in [3.63, 3.8) is 0 Å². The van der Waals surface area contributed by atoms with Gasteiger partial charge in [-0.3, -0.25) is 4.68 Å². The zero-order chi connectivity index (χ0) is 10.0. The zero-order valence-electron chi connectivity index (χ0n) is 8.33. The fourth-order valence-electron chi connectivity index (χ4n) is 1.47. The Morgan fingerprint density at radius 3 is 2.93 bits per heavy atom. The summed E-state index contributed by atoms with van der Waals surface area (Å²) in [5.41, 5.74) is 1.36. The maximum Gasteiger partial charge on any atom is 0.0964 e. The van der Waals surface area contributed by atoms with Crippen LogP contribution in [0.15, 0.2) is 6.20 Å². The molecule has 1 saturated carbocycles. The maximum atomic E-state index is 5.87. The van der Waals surface area contributed by atoms with E-state index in [4.69, 9.17) is 11.6 Å². The van der Waals surface area contributed by atoms with Gasteiger partial charge in [0.25, 0.3) is 0 Å². The average Bonchev–Trinajstić information content (AvgIpc) is 2.84. The molecule has 0 saturated heterocycles. The third-order valence-corrected chi connectivity index (χ3v) is 3.26. The van der Waals surface area contributed by atoms with Crippen molar-refractivity contribution in [3.05, 3.63) is 11.9 Å². The minimum atomic E-state index is 0.379. The van der Waals surface area contributed by atoms with Gasteiger partial charge in [0.05, 0.1) is 5.69 Å². The molecule has 0 amide bonds. The highest BCUT2D eigenvalue weighted by atomic mass is 35.5. The molecule has 1 fully saturated rings. The lowest BCUT2D eigenvalue weighted by Crippen LogP contribution is -2.24. The van der Waals surface area contributed by atoms with Gasteiger partial charge in [0, 0.05) is 32.2 Å². The maximum absolute atomic E-state index is 5.87. The van der Waals surface area contributed by atoms with Gasteiger partial charge in [0.15, 0.2) is 0 Å². The molecule has 0 unspecified atom stereocenters. The summed E-state index contributed by atoms with van der Waals surface area (Å²) in [6.07, 6.45) is 4.43. The van der Waals surface area contributed by atoms with Crippen LogP contribution in [0.2, 0.25) is 0 Å². The van der Waals surface area contributed by atoms with Crippen molar-refractivity contribution in [2.45, 2.75) is 19.4 Å². The normalized spacial score (nSPS) is 18.4. The molecular weight excluding hydrogens is 200 g/mol. The van der Waals surface area contributed by atoms with Gasteiger partial charge >= 0.3 is 0 Å². The summed E-state index contributed by atoms with van der Waals surface area (Å²) < 4.78 is 1.71. The highest BCUT2D eigenvalue weighted by Crippen LogP contribution is 2.45. The molecule has 5 heteroatoms. The third-order valence-electron chi connectivity index (χ3n) is 2.70. The largest absolute Gasteiger partial charge is 0.310 e. The number of aryl methyl sites for hydroxylation is 1. The average molecular weight is 215 g/mol. The lowest BCUT2D eigenvalue weighted by atomic mass is 10.1. The summed E-state index contributed by atoms with van der Waals surface area (Å²) in [4.78, 5) is 0. The molecule has 1 aromatic heterocycles. The second-order valence-electron chi connectivity index (χ2n) is 4.12. The van der Waals surface area contributed by atoms with E-state index in [0.717, 1.165) is 24.7 Å². The van der Waals surface area contributed by atoms with Gasteiger partial charge in [-0.15, -0.1) is 16.7 Å². The molecule has 1 heterocycles. The molecule has 2 rings (SSSR count). The van der Waals surface area contributed by atoms with Crippen molar-refractivity contribution in [2.24, 2.45) is 12.5 Å². The Morgan fingerprint density at radius 1 is 1.64 bits per heavy atom. The number of halogens is 1. The van der Waals surface area contributed by atoms with E-state index in [-0.39, 0.29) is 0 Å². The Balaban J connectivity index is 1.73. The Morgan fingerprint density at radius 2 is 2.43 bits per heavy atom. The first-order valence-electron chi connectivity index (χ1n) is 4.86. The number of aromatic nitrogens is 3. The standard InChI is InChI=1S/C9H15ClN4/c1-14-5-8(12-13-14)4-11-7-9(6-10)2-3-9/h5,11H,2-4,6-7H2,1H3. The van der Waals surface area contributed by atoms with Crippen LogP contribution in [0, 0.1) is 5.41 Å². The van der Waals surface area contributed by atoms with Crippen LogP contribution in [0.25, 0.3) is 0 Å². The van der Waals surface area contributed by atoms with E-state index in [1.165, 1.54) is 12.8 Å². The summed E-state index contributed by atoms with van der Waals surface area (Å²) >= 11 is 5.87. The van der Waals surface area contributed by atoms with Crippen LogP contribution < -0.4 is 5.32 Å². The van der Waals surface area contributed by atoms with E-state index in [9.17, 15) is 0 Å². The third kappa shape index (κ3) is 2.25. The van der Waals surface area contributed by atoms with Crippen molar-refractivity contribution in [3.8, 4) is 0 Å². The molecule has 1 aliphatic rings. The van der Waals surface area contributed by atoms with Crippen LogP contribution in [-0.2, 0) is 13.6 Å². The Bertz CT molecular complexity index is 306. The molecule has 0 aliphatic heterocycles. The van der Waals surface area contributed by atoms with Crippen LogP contribution in [0.1, 0.15) is 18.5 Å². The predicted octanol–water partition coefficient (Wildman–Crippen LogP) is 0.924. The summed E-state index contributed by atoms with van der Waals surface area (Å²) in [5.74, 6) is 0.764. The molecule has 0 bridgehead atoms. The molecule has 0 aromatic carbocycles. The van der Waals surface area contributed by atoms with Crippen molar-refractivity contribution in [1.82, 2.24) is 20.3 Å². The number of hydrogen-bond donors (Lipinski definition) is 1. The molecule has 1 aliphatic carbocycles. The van der Waals surface area contributed by atoms with E-state index in [1.807, 2.05) is 13.2 Å². The quantitative estimate of drug-likeness (QED) is 0.742. The topological polar surface area (TPSA) is 42.7 Å². The van der Waals surface area contributed by atoms with Gasteiger partial charge in [-0.1, -0.05) is 5.21 Å². The van der Waals surface area contributed by atoms with Gasteiger partial charge in [-0.05, 0) is 18.3 Å². The van der Waals surface area contributed by atoms with Gasteiger partial charge in [0.2, 0.25) is 0 Å². The van der Waals surface area contributed by atoms with Crippen LogP contribution in [-0.4, -0.2) is 27.4 Å². The minimum Gasteiger partial charge on any atom is -0.310 e. The van der Waals surface area contributed by atoms with Crippen molar-refractivity contribution >= 4 is 11.6 Å². The number of nitrogens with one attached hydrogen (secondary N) is 1. The zero-order valence-corrected chi connectivity index (χ0v) is 9.09. The second kappa shape index (κ2) is 3.87. The van der Waals surface area contributed by atoms with Crippen molar-refractivity contribution in [2.75, 3.05) is 12.4 Å². The van der Waals surface area contributed by atoms with Crippen LogP contribution in [0.3, 0.4) is 0 Å². The monoisotopic (exact) mass is 214 g/mol. The lowest BCUT2D eigenvalue weighted by Gasteiger charge is -2.10. The van der Waals surface area contributed by atoms with Gasteiger partial charge in [-0.25, -0.2) is 0 Å². The summed E-state index contributed by atoms with van der Waals surface area (Å²) in [6.45, 7) is 1.78. The molecule has 4 nitrogen and oxygen atoms in total. The molecule has 0 radical (unpaired) electrons. The molecule has 0 spiro atoms. The van der Waals surface area contributed by atoms with Crippen LogP contribution in [0.4, 0.5) is 0 Å². The summed E-state index contributed by atoms with van der Waals surface area (Å²) in [5, 5.41) is 11.2. The first kappa shape index (κ1) is 9.93. The Labute approximate surface area is 88.6 Å². The first-order valence-corrected chi connectivity index (χ1v) is 5.39. The van der Waals surface area contributed by atoms with Crippen molar-refractivity contribution in [1.29, 1.82) is 0 Å². The number of nitrogens with zero attached hydrogens (tertiary/aromatic N) is 3. The van der Waals surface area contributed by atoms with E-state index >= 15 is 0 Å². The van der Waals surface area contributed by atoms with E-state index in [0.29, 0.717) is 5.41 Å². The Hall–Kier alpha value is -0.610. The SMILES string of the molecule is Cn1cc(CNCC2(CCl)CC2)nn1. The number of hydrogen-bond acceptors (Lipinski definition) is 3. The summed E-state index contributed by atoms with van der Waals surface area (Å²) in [7, 11) is 1.87. The Kier molecular flexibility index (Phi) is 2.74.